The van der Waals surface area contributed by atoms with Gasteiger partial charge in [0.25, 0.3) is 0 Å². The molecule has 124 valence electrons. The van der Waals surface area contributed by atoms with Gasteiger partial charge in [-0.3, -0.25) is 0 Å². The second-order valence-corrected chi connectivity index (χ2v) is 6.59. The Morgan fingerprint density at radius 3 is 2.59 bits per heavy atom. The predicted octanol–water partition coefficient (Wildman–Crippen LogP) is 3.05. The van der Waals surface area contributed by atoms with E-state index in [4.69, 9.17) is 9.47 Å². The molecule has 1 aromatic carbocycles. The molecule has 3 unspecified atom stereocenters. The van der Waals surface area contributed by atoms with Gasteiger partial charge in [0.1, 0.15) is 5.75 Å². The second-order valence-electron chi connectivity index (χ2n) is 6.59. The molecule has 2 N–H and O–H groups in total. The fraction of sp³-hybridized carbons (Fsp3) is 0.667. The van der Waals surface area contributed by atoms with Crippen molar-refractivity contribution < 1.29 is 14.6 Å². The third-order valence-electron chi connectivity index (χ3n) is 3.91. The average molecular weight is 307 g/mol. The fourth-order valence-electron chi connectivity index (χ4n) is 3.04. The van der Waals surface area contributed by atoms with Gasteiger partial charge in [0.15, 0.2) is 0 Å². The van der Waals surface area contributed by atoms with Crippen LogP contribution in [0.2, 0.25) is 0 Å². The summed E-state index contributed by atoms with van der Waals surface area (Å²) in [5.74, 6) is 0.805. The van der Waals surface area contributed by atoms with Crippen molar-refractivity contribution in [1.29, 1.82) is 0 Å². The molecule has 0 aromatic heterocycles. The molecule has 3 atom stereocenters. The minimum absolute atomic E-state index is 0.135. The Morgan fingerprint density at radius 1 is 1.27 bits per heavy atom. The molecule has 0 amide bonds. The monoisotopic (exact) mass is 307 g/mol. The van der Waals surface area contributed by atoms with Crippen molar-refractivity contribution in [3.05, 3.63) is 29.8 Å². The maximum Gasteiger partial charge on any atom is 0.120 e. The summed E-state index contributed by atoms with van der Waals surface area (Å²) < 4.78 is 11.4. The van der Waals surface area contributed by atoms with Crippen LogP contribution in [0.5, 0.6) is 5.75 Å². The van der Waals surface area contributed by atoms with E-state index in [9.17, 15) is 5.11 Å². The van der Waals surface area contributed by atoms with Crippen molar-refractivity contribution in [2.45, 2.75) is 71.0 Å². The van der Waals surface area contributed by atoms with Gasteiger partial charge in [0.05, 0.1) is 24.4 Å². The van der Waals surface area contributed by atoms with E-state index < -0.39 is 6.10 Å². The first-order valence-corrected chi connectivity index (χ1v) is 8.27. The van der Waals surface area contributed by atoms with Gasteiger partial charge in [0, 0.05) is 12.6 Å². The summed E-state index contributed by atoms with van der Waals surface area (Å²) in [6.45, 7) is 8.76. The zero-order valence-electron chi connectivity index (χ0n) is 14.1. The Labute approximate surface area is 133 Å². The number of hydrogen-bond donors (Lipinski definition) is 2. The van der Waals surface area contributed by atoms with Crippen LogP contribution in [0.4, 0.5) is 0 Å². The van der Waals surface area contributed by atoms with Gasteiger partial charge >= 0.3 is 0 Å². The Bertz CT molecular complexity index is 453. The lowest BCUT2D eigenvalue weighted by molar-refractivity contribution is -0.0433. The van der Waals surface area contributed by atoms with Crippen LogP contribution < -0.4 is 10.1 Å². The normalized spacial score (nSPS) is 26.9. The number of rotatable bonds is 6. The van der Waals surface area contributed by atoms with E-state index in [0.717, 1.165) is 24.2 Å². The van der Waals surface area contributed by atoms with Gasteiger partial charge in [-0.2, -0.15) is 0 Å². The van der Waals surface area contributed by atoms with Crippen molar-refractivity contribution in [3.8, 4) is 5.75 Å². The largest absolute Gasteiger partial charge is 0.491 e. The number of hydrogen-bond acceptors (Lipinski definition) is 4. The Kier molecular flexibility index (Phi) is 6.24. The highest BCUT2D eigenvalue weighted by atomic mass is 16.5. The highest BCUT2D eigenvalue weighted by Gasteiger charge is 2.24. The third kappa shape index (κ3) is 5.27. The van der Waals surface area contributed by atoms with E-state index in [1.54, 1.807) is 0 Å². The van der Waals surface area contributed by atoms with Crippen LogP contribution in [0.3, 0.4) is 0 Å². The Morgan fingerprint density at radius 2 is 1.95 bits per heavy atom. The van der Waals surface area contributed by atoms with Crippen LogP contribution in [-0.2, 0) is 4.74 Å². The van der Waals surface area contributed by atoms with E-state index in [2.05, 4.69) is 19.2 Å². The molecule has 1 heterocycles. The van der Waals surface area contributed by atoms with E-state index in [0.29, 0.717) is 12.6 Å². The van der Waals surface area contributed by atoms with Crippen molar-refractivity contribution >= 4 is 0 Å². The van der Waals surface area contributed by atoms with Crippen LogP contribution in [0, 0.1) is 0 Å². The zero-order valence-corrected chi connectivity index (χ0v) is 14.1. The van der Waals surface area contributed by atoms with Crippen molar-refractivity contribution in [2.75, 3.05) is 6.54 Å². The lowest BCUT2D eigenvalue weighted by Gasteiger charge is -2.33. The van der Waals surface area contributed by atoms with Gasteiger partial charge in [-0.25, -0.2) is 0 Å². The van der Waals surface area contributed by atoms with E-state index in [-0.39, 0.29) is 18.3 Å². The molecule has 4 heteroatoms. The predicted molar refractivity (Wildman–Crippen MR) is 88.2 cm³/mol. The molecule has 1 aromatic rings. The zero-order chi connectivity index (χ0) is 16.1. The van der Waals surface area contributed by atoms with Gasteiger partial charge in [-0.1, -0.05) is 12.1 Å². The summed E-state index contributed by atoms with van der Waals surface area (Å²) in [6.07, 6.45) is 2.16. The number of aliphatic hydroxyl groups excluding tert-OH is 1. The molecule has 4 nitrogen and oxygen atoms in total. The lowest BCUT2D eigenvalue weighted by Crippen LogP contribution is -2.42. The van der Waals surface area contributed by atoms with Gasteiger partial charge in [-0.05, 0) is 58.2 Å². The van der Waals surface area contributed by atoms with Crippen LogP contribution in [0.1, 0.15) is 52.2 Å². The fourth-order valence-corrected chi connectivity index (χ4v) is 3.04. The van der Waals surface area contributed by atoms with E-state index >= 15 is 0 Å². The number of aliphatic hydroxyl groups is 1. The molecule has 0 bridgehead atoms. The summed E-state index contributed by atoms with van der Waals surface area (Å²) >= 11 is 0. The quantitative estimate of drug-likeness (QED) is 0.848. The Balaban J connectivity index is 1.87. The lowest BCUT2D eigenvalue weighted by atomic mass is 9.99. The molecule has 1 aliphatic heterocycles. The van der Waals surface area contributed by atoms with Crippen molar-refractivity contribution in [3.63, 3.8) is 0 Å². The first-order chi connectivity index (χ1) is 10.4. The average Bonchev–Trinajstić information content (AvgIpc) is 2.43. The minimum Gasteiger partial charge on any atom is -0.491 e. The van der Waals surface area contributed by atoms with Crippen molar-refractivity contribution in [1.82, 2.24) is 5.32 Å². The summed E-state index contributed by atoms with van der Waals surface area (Å²) in [7, 11) is 0. The minimum atomic E-state index is -0.524. The maximum atomic E-state index is 10.4. The van der Waals surface area contributed by atoms with E-state index in [1.165, 1.54) is 0 Å². The van der Waals surface area contributed by atoms with Gasteiger partial charge in [-0.15, -0.1) is 0 Å². The highest BCUT2D eigenvalue weighted by molar-refractivity contribution is 5.30. The standard InChI is InChI=1S/C18H29NO3/c1-12(2)21-17-7-5-6-15(10-17)18(20)11-19-16-8-13(3)22-14(4)9-16/h5-7,10,12-14,16,18-20H,8-9,11H2,1-4H3. The highest BCUT2D eigenvalue weighted by Crippen LogP contribution is 2.22. The van der Waals surface area contributed by atoms with Crippen LogP contribution in [-0.4, -0.2) is 36.0 Å². The smallest absolute Gasteiger partial charge is 0.120 e. The summed E-state index contributed by atoms with van der Waals surface area (Å²) in [4.78, 5) is 0. The van der Waals surface area contributed by atoms with E-state index in [1.807, 2.05) is 38.1 Å². The molecule has 0 aliphatic carbocycles. The molecule has 1 saturated heterocycles. The Hall–Kier alpha value is -1.10. The second kappa shape index (κ2) is 7.95. The van der Waals surface area contributed by atoms with Crippen molar-refractivity contribution in [2.24, 2.45) is 0 Å². The number of nitrogens with one attached hydrogen (secondary N) is 1. The first-order valence-electron chi connectivity index (χ1n) is 8.27. The third-order valence-corrected chi connectivity index (χ3v) is 3.91. The molecule has 22 heavy (non-hydrogen) atoms. The molecule has 0 radical (unpaired) electrons. The number of ether oxygens (including phenoxy) is 2. The molecule has 1 fully saturated rings. The molecule has 0 saturated carbocycles. The van der Waals surface area contributed by atoms with Gasteiger partial charge in [0.2, 0.25) is 0 Å². The summed E-state index contributed by atoms with van der Waals surface area (Å²) in [6, 6.07) is 8.11. The summed E-state index contributed by atoms with van der Waals surface area (Å²) in [5, 5.41) is 13.9. The van der Waals surface area contributed by atoms with Crippen LogP contribution in [0.25, 0.3) is 0 Å². The summed E-state index contributed by atoms with van der Waals surface area (Å²) in [5.41, 5.74) is 0.888. The SMILES string of the molecule is CC(C)Oc1cccc(C(O)CNC2CC(C)OC(C)C2)c1. The molecule has 1 aliphatic rings. The molecular weight excluding hydrogens is 278 g/mol. The molecular formula is C18H29NO3. The molecule has 2 rings (SSSR count). The maximum absolute atomic E-state index is 10.4. The van der Waals surface area contributed by atoms with Crippen LogP contribution >= 0.6 is 0 Å². The number of benzene rings is 1. The first kappa shape index (κ1) is 17.3. The topological polar surface area (TPSA) is 50.7 Å². The van der Waals surface area contributed by atoms with Gasteiger partial charge < -0.3 is 19.9 Å². The van der Waals surface area contributed by atoms with Crippen LogP contribution in [0.15, 0.2) is 24.3 Å². The molecule has 0 spiro atoms.